The van der Waals surface area contributed by atoms with Crippen molar-refractivity contribution < 1.29 is 9.59 Å². The summed E-state index contributed by atoms with van der Waals surface area (Å²) in [6, 6.07) is 0. The summed E-state index contributed by atoms with van der Waals surface area (Å²) < 4.78 is 0. The summed E-state index contributed by atoms with van der Waals surface area (Å²) in [4.78, 5) is 30.3. The third-order valence-corrected chi connectivity index (χ3v) is 4.84. The van der Waals surface area contributed by atoms with Gasteiger partial charge < -0.3 is 16.0 Å². The van der Waals surface area contributed by atoms with Gasteiger partial charge in [-0.05, 0) is 12.8 Å². The highest BCUT2D eigenvalue weighted by molar-refractivity contribution is 7.09. The molecule has 1 saturated carbocycles. The summed E-state index contributed by atoms with van der Waals surface area (Å²) in [7, 11) is 3.52. The Balaban J connectivity index is 0.00000242. The van der Waals surface area contributed by atoms with Crippen LogP contribution in [0, 0.1) is 5.41 Å². The van der Waals surface area contributed by atoms with Gasteiger partial charge in [0.25, 0.3) is 5.91 Å². The fraction of sp³-hybridized carbons (Fsp3) is 0.643. The Labute approximate surface area is 140 Å². The van der Waals surface area contributed by atoms with E-state index in [9.17, 15) is 9.59 Å². The van der Waals surface area contributed by atoms with Gasteiger partial charge in [0.05, 0.1) is 5.41 Å². The second-order valence-corrected chi connectivity index (χ2v) is 6.64. The van der Waals surface area contributed by atoms with E-state index in [0.717, 1.165) is 30.7 Å². The van der Waals surface area contributed by atoms with E-state index in [4.69, 9.17) is 5.73 Å². The molecule has 1 aliphatic rings. The smallest absolute Gasteiger partial charge is 0.270 e. The van der Waals surface area contributed by atoms with Gasteiger partial charge in [-0.3, -0.25) is 9.59 Å². The molecule has 0 unspecified atom stereocenters. The Bertz CT molecular complexity index is 527. The number of hydrogen-bond donors (Lipinski definition) is 2. The first-order chi connectivity index (χ1) is 9.98. The molecule has 0 bridgehead atoms. The van der Waals surface area contributed by atoms with Crippen molar-refractivity contribution in [3.63, 3.8) is 0 Å². The van der Waals surface area contributed by atoms with Crippen LogP contribution in [0.5, 0.6) is 0 Å². The van der Waals surface area contributed by atoms with Gasteiger partial charge in [0.15, 0.2) is 0 Å². The van der Waals surface area contributed by atoms with E-state index in [-0.39, 0.29) is 24.2 Å². The van der Waals surface area contributed by atoms with Gasteiger partial charge >= 0.3 is 0 Å². The molecule has 124 valence electrons. The summed E-state index contributed by atoms with van der Waals surface area (Å²) in [5.74, 6) is -0.134. The fourth-order valence-corrected chi connectivity index (χ4v) is 3.50. The summed E-state index contributed by atoms with van der Waals surface area (Å²) in [5, 5.41) is 5.31. The lowest BCUT2D eigenvalue weighted by Gasteiger charge is -2.30. The second kappa shape index (κ2) is 7.89. The molecule has 0 aromatic carbocycles. The maximum Gasteiger partial charge on any atom is 0.270 e. The van der Waals surface area contributed by atoms with Crippen molar-refractivity contribution in [3.05, 3.63) is 16.1 Å². The van der Waals surface area contributed by atoms with Crippen LogP contribution in [0.2, 0.25) is 0 Å². The van der Waals surface area contributed by atoms with Crippen molar-refractivity contribution in [2.24, 2.45) is 11.1 Å². The van der Waals surface area contributed by atoms with Crippen molar-refractivity contribution in [3.8, 4) is 0 Å². The van der Waals surface area contributed by atoms with E-state index < -0.39 is 5.41 Å². The minimum Gasteiger partial charge on any atom is -0.350 e. The highest BCUT2D eigenvalue weighted by Crippen LogP contribution is 2.38. The van der Waals surface area contributed by atoms with Gasteiger partial charge in [0.1, 0.15) is 10.7 Å². The van der Waals surface area contributed by atoms with Crippen molar-refractivity contribution in [2.45, 2.75) is 32.2 Å². The number of aromatic nitrogens is 1. The molecule has 0 radical (unpaired) electrons. The standard InChI is InChI=1S/C14H22N4O2S.ClH/c1-18(2)13(20)14(5-3-4-6-14)9-16-12(19)10-8-21-11(7-15)17-10;/h8H,3-7,9,15H2,1-2H3,(H,16,19);1H. The molecule has 1 fully saturated rings. The number of rotatable bonds is 5. The molecule has 1 aromatic heterocycles. The molecule has 0 atom stereocenters. The van der Waals surface area contributed by atoms with E-state index in [0.29, 0.717) is 18.8 Å². The maximum atomic E-state index is 12.4. The average molecular weight is 347 g/mol. The van der Waals surface area contributed by atoms with Gasteiger partial charge in [-0.15, -0.1) is 23.7 Å². The SMILES string of the molecule is CN(C)C(=O)C1(CNC(=O)c2csc(CN)n2)CCCC1.Cl. The Morgan fingerprint density at radius 1 is 1.41 bits per heavy atom. The summed E-state index contributed by atoms with van der Waals surface area (Å²) in [6.07, 6.45) is 3.72. The van der Waals surface area contributed by atoms with Crippen LogP contribution in [0.3, 0.4) is 0 Å². The summed E-state index contributed by atoms with van der Waals surface area (Å²) in [5.41, 5.74) is 5.42. The third-order valence-electron chi connectivity index (χ3n) is 3.97. The van der Waals surface area contributed by atoms with Crippen LogP contribution < -0.4 is 11.1 Å². The molecule has 2 amide bonds. The molecule has 8 heteroatoms. The van der Waals surface area contributed by atoms with E-state index in [2.05, 4.69) is 10.3 Å². The van der Waals surface area contributed by atoms with Crippen LogP contribution in [0.4, 0.5) is 0 Å². The van der Waals surface area contributed by atoms with Crippen molar-refractivity contribution in [2.75, 3.05) is 20.6 Å². The van der Waals surface area contributed by atoms with Gasteiger partial charge in [0, 0.05) is 32.6 Å². The lowest BCUT2D eigenvalue weighted by Crippen LogP contribution is -2.46. The molecule has 1 aromatic rings. The van der Waals surface area contributed by atoms with Crippen LogP contribution >= 0.6 is 23.7 Å². The van der Waals surface area contributed by atoms with Crippen LogP contribution in [0.25, 0.3) is 0 Å². The Hall–Kier alpha value is -1.18. The van der Waals surface area contributed by atoms with E-state index in [1.54, 1.807) is 24.4 Å². The number of nitrogens with one attached hydrogen (secondary N) is 1. The Morgan fingerprint density at radius 3 is 2.55 bits per heavy atom. The normalized spacial score (nSPS) is 16.0. The minimum atomic E-state index is -0.453. The zero-order valence-corrected chi connectivity index (χ0v) is 14.6. The number of halogens is 1. The van der Waals surface area contributed by atoms with Crippen LogP contribution in [0.1, 0.15) is 41.2 Å². The fourth-order valence-electron chi connectivity index (χ4n) is 2.84. The van der Waals surface area contributed by atoms with Gasteiger partial charge in [-0.25, -0.2) is 4.98 Å². The molecule has 2 rings (SSSR count). The van der Waals surface area contributed by atoms with Crippen molar-refractivity contribution >= 4 is 35.6 Å². The Kier molecular flexibility index (Phi) is 6.77. The van der Waals surface area contributed by atoms with Crippen molar-refractivity contribution in [1.82, 2.24) is 15.2 Å². The first kappa shape index (κ1) is 18.9. The lowest BCUT2D eigenvalue weighted by atomic mass is 9.84. The molecular formula is C14H23ClN4O2S. The summed E-state index contributed by atoms with van der Waals surface area (Å²) >= 11 is 1.37. The largest absolute Gasteiger partial charge is 0.350 e. The van der Waals surface area contributed by atoms with Gasteiger partial charge in [-0.1, -0.05) is 12.8 Å². The quantitative estimate of drug-likeness (QED) is 0.843. The molecule has 1 aliphatic carbocycles. The molecule has 0 aliphatic heterocycles. The minimum absolute atomic E-state index is 0. The molecule has 22 heavy (non-hydrogen) atoms. The zero-order chi connectivity index (χ0) is 15.5. The van der Waals surface area contributed by atoms with Crippen LogP contribution in [-0.2, 0) is 11.3 Å². The average Bonchev–Trinajstić information content (AvgIpc) is 3.13. The molecule has 6 nitrogen and oxygen atoms in total. The number of carbonyl (C=O) groups is 2. The number of nitrogens with zero attached hydrogens (tertiary/aromatic N) is 2. The maximum absolute atomic E-state index is 12.4. The summed E-state index contributed by atoms with van der Waals surface area (Å²) in [6.45, 7) is 0.708. The molecule has 0 spiro atoms. The van der Waals surface area contributed by atoms with Gasteiger partial charge in [-0.2, -0.15) is 0 Å². The first-order valence-corrected chi connectivity index (χ1v) is 8.01. The number of hydrogen-bond acceptors (Lipinski definition) is 5. The monoisotopic (exact) mass is 346 g/mol. The zero-order valence-electron chi connectivity index (χ0n) is 12.9. The number of thiazole rings is 1. The number of nitrogens with two attached hydrogens (primary N) is 1. The predicted molar refractivity (Wildman–Crippen MR) is 89.2 cm³/mol. The molecule has 3 N–H and O–H groups in total. The van der Waals surface area contributed by atoms with E-state index in [1.165, 1.54) is 11.3 Å². The van der Waals surface area contributed by atoms with Gasteiger partial charge in [0.2, 0.25) is 5.91 Å². The lowest BCUT2D eigenvalue weighted by molar-refractivity contribution is -0.138. The van der Waals surface area contributed by atoms with Crippen LogP contribution in [0.15, 0.2) is 5.38 Å². The van der Waals surface area contributed by atoms with Crippen molar-refractivity contribution in [1.29, 1.82) is 0 Å². The topological polar surface area (TPSA) is 88.3 Å². The third kappa shape index (κ3) is 3.97. The Morgan fingerprint density at radius 2 is 2.05 bits per heavy atom. The molecule has 1 heterocycles. The highest BCUT2D eigenvalue weighted by Gasteiger charge is 2.42. The first-order valence-electron chi connectivity index (χ1n) is 7.13. The molecule has 0 saturated heterocycles. The van der Waals surface area contributed by atoms with E-state index in [1.807, 2.05) is 0 Å². The second-order valence-electron chi connectivity index (χ2n) is 5.70. The predicted octanol–water partition coefficient (Wildman–Crippen LogP) is 1.40. The van der Waals surface area contributed by atoms with E-state index >= 15 is 0 Å². The molecular weight excluding hydrogens is 324 g/mol. The number of carbonyl (C=O) groups excluding carboxylic acids is 2. The number of amides is 2. The van der Waals surface area contributed by atoms with Crippen LogP contribution in [-0.4, -0.2) is 42.3 Å². The highest BCUT2D eigenvalue weighted by atomic mass is 35.5.